The van der Waals surface area contributed by atoms with Gasteiger partial charge >= 0.3 is 0 Å². The molecule has 0 atom stereocenters. The van der Waals surface area contributed by atoms with Crippen LogP contribution in [0.15, 0.2) is 6.20 Å². The Kier molecular flexibility index (Phi) is 2.92. The lowest BCUT2D eigenvalue weighted by Crippen LogP contribution is -2.01. The fourth-order valence-corrected chi connectivity index (χ4v) is 1.69. The molecule has 1 aromatic rings. The predicted octanol–water partition coefficient (Wildman–Crippen LogP) is 2.63. The first-order valence-corrected chi connectivity index (χ1v) is 4.96. The molecule has 62 valence electrons. The van der Waals surface area contributed by atoms with Crippen molar-refractivity contribution in [3.8, 4) is 0 Å². The van der Waals surface area contributed by atoms with E-state index in [9.17, 15) is 0 Å². The van der Waals surface area contributed by atoms with Crippen LogP contribution in [-0.2, 0) is 6.42 Å². The van der Waals surface area contributed by atoms with Crippen LogP contribution in [0.25, 0.3) is 0 Å². The van der Waals surface area contributed by atoms with Crippen LogP contribution in [0.2, 0.25) is 0 Å². The molecule has 0 radical (unpaired) electrons. The molecule has 0 N–H and O–H groups in total. The molecule has 0 bridgehead atoms. The second-order valence-electron chi connectivity index (χ2n) is 2.85. The molecule has 1 heterocycles. The Hall–Kier alpha value is -0.0600. The Morgan fingerprint density at radius 2 is 2.27 bits per heavy atom. The average molecular weight is 264 g/mol. The van der Waals surface area contributed by atoms with Crippen LogP contribution in [0.1, 0.15) is 32.5 Å². The summed E-state index contributed by atoms with van der Waals surface area (Å²) in [6.45, 7) is 6.42. The first-order chi connectivity index (χ1) is 5.15. The van der Waals surface area contributed by atoms with Gasteiger partial charge in [-0.3, -0.25) is 4.68 Å². The lowest BCUT2D eigenvalue weighted by atomic mass is 10.3. The quantitative estimate of drug-likeness (QED) is 0.751. The second kappa shape index (κ2) is 3.56. The van der Waals surface area contributed by atoms with Crippen LogP contribution >= 0.6 is 22.6 Å². The largest absolute Gasteiger partial charge is 0.269 e. The SMILES string of the molecule is CCc1nn(C(C)C)cc1I. The maximum Gasteiger partial charge on any atom is 0.0755 e. The molecule has 1 rings (SSSR count). The number of aromatic nitrogens is 2. The van der Waals surface area contributed by atoms with E-state index in [-0.39, 0.29) is 0 Å². The molecular formula is C8H13IN2. The smallest absolute Gasteiger partial charge is 0.0755 e. The minimum atomic E-state index is 0.476. The van der Waals surface area contributed by atoms with Gasteiger partial charge < -0.3 is 0 Å². The summed E-state index contributed by atoms with van der Waals surface area (Å²) in [4.78, 5) is 0. The number of hydrogen-bond acceptors (Lipinski definition) is 1. The summed E-state index contributed by atoms with van der Waals surface area (Å²) in [6, 6.07) is 0.476. The number of aryl methyl sites for hydroxylation is 1. The summed E-state index contributed by atoms with van der Waals surface area (Å²) in [6.07, 6.45) is 3.13. The molecule has 0 saturated carbocycles. The molecule has 0 unspecified atom stereocenters. The van der Waals surface area contributed by atoms with E-state index in [0.29, 0.717) is 6.04 Å². The first kappa shape index (κ1) is 9.03. The van der Waals surface area contributed by atoms with E-state index in [1.807, 2.05) is 4.68 Å². The molecule has 3 heteroatoms. The monoisotopic (exact) mass is 264 g/mol. The Morgan fingerprint density at radius 1 is 1.64 bits per heavy atom. The number of halogens is 1. The molecule has 0 aliphatic heterocycles. The van der Waals surface area contributed by atoms with Gasteiger partial charge in [0, 0.05) is 12.2 Å². The van der Waals surface area contributed by atoms with Crippen molar-refractivity contribution < 1.29 is 0 Å². The van der Waals surface area contributed by atoms with Crippen molar-refractivity contribution in [3.05, 3.63) is 15.5 Å². The molecule has 0 fully saturated rings. The van der Waals surface area contributed by atoms with E-state index >= 15 is 0 Å². The molecule has 11 heavy (non-hydrogen) atoms. The Balaban J connectivity index is 2.95. The molecule has 0 aliphatic carbocycles. The molecule has 2 nitrogen and oxygen atoms in total. The fraction of sp³-hybridized carbons (Fsp3) is 0.625. The van der Waals surface area contributed by atoms with Crippen molar-refractivity contribution in [3.63, 3.8) is 0 Å². The van der Waals surface area contributed by atoms with E-state index in [4.69, 9.17) is 0 Å². The third-order valence-electron chi connectivity index (χ3n) is 1.62. The Labute approximate surface area is 81.1 Å². The highest BCUT2D eigenvalue weighted by molar-refractivity contribution is 14.1. The van der Waals surface area contributed by atoms with E-state index in [1.165, 1.54) is 9.26 Å². The predicted molar refractivity (Wildman–Crippen MR) is 54.7 cm³/mol. The number of rotatable bonds is 2. The molecule has 0 aromatic carbocycles. The van der Waals surface area contributed by atoms with Crippen molar-refractivity contribution in [2.45, 2.75) is 33.2 Å². The highest BCUT2D eigenvalue weighted by Crippen LogP contribution is 2.13. The first-order valence-electron chi connectivity index (χ1n) is 3.88. The zero-order chi connectivity index (χ0) is 8.43. The van der Waals surface area contributed by atoms with E-state index in [2.05, 4.69) is 54.7 Å². The van der Waals surface area contributed by atoms with Crippen LogP contribution in [0.5, 0.6) is 0 Å². The molecule has 0 spiro atoms. The summed E-state index contributed by atoms with van der Waals surface area (Å²) in [5, 5.41) is 4.44. The van der Waals surface area contributed by atoms with Crippen molar-refractivity contribution in [2.24, 2.45) is 0 Å². The lowest BCUT2D eigenvalue weighted by molar-refractivity contribution is 0.527. The van der Waals surface area contributed by atoms with Gasteiger partial charge in [-0.2, -0.15) is 5.10 Å². The molecule has 0 aliphatic rings. The van der Waals surface area contributed by atoms with Gasteiger partial charge in [-0.1, -0.05) is 6.92 Å². The van der Waals surface area contributed by atoms with Gasteiger partial charge in [-0.05, 0) is 42.9 Å². The van der Waals surface area contributed by atoms with Crippen molar-refractivity contribution in [1.82, 2.24) is 9.78 Å². The molecule has 0 saturated heterocycles. The third kappa shape index (κ3) is 1.95. The third-order valence-corrected chi connectivity index (χ3v) is 2.52. The summed E-state index contributed by atoms with van der Waals surface area (Å²) in [5.74, 6) is 0. The maximum atomic E-state index is 4.44. The highest BCUT2D eigenvalue weighted by atomic mass is 127. The van der Waals surface area contributed by atoms with Gasteiger partial charge in [-0.25, -0.2) is 0 Å². The Morgan fingerprint density at radius 3 is 2.55 bits per heavy atom. The van der Waals surface area contributed by atoms with Gasteiger partial charge in [0.25, 0.3) is 0 Å². The molecule has 1 aromatic heterocycles. The highest BCUT2D eigenvalue weighted by Gasteiger charge is 2.05. The zero-order valence-electron chi connectivity index (χ0n) is 7.13. The van der Waals surface area contributed by atoms with Crippen LogP contribution in [-0.4, -0.2) is 9.78 Å². The molecular weight excluding hydrogens is 251 g/mol. The summed E-state index contributed by atoms with van der Waals surface area (Å²) >= 11 is 2.33. The van der Waals surface area contributed by atoms with Gasteiger partial charge in [-0.15, -0.1) is 0 Å². The Bertz CT molecular complexity index is 240. The van der Waals surface area contributed by atoms with Gasteiger partial charge in [0.2, 0.25) is 0 Å². The standard InChI is InChI=1S/C8H13IN2/c1-4-8-7(9)5-11(10-8)6(2)3/h5-6H,4H2,1-3H3. The topological polar surface area (TPSA) is 17.8 Å². The number of hydrogen-bond donors (Lipinski definition) is 0. The minimum Gasteiger partial charge on any atom is -0.269 e. The fourth-order valence-electron chi connectivity index (χ4n) is 0.911. The van der Waals surface area contributed by atoms with Crippen molar-refractivity contribution in [2.75, 3.05) is 0 Å². The van der Waals surface area contributed by atoms with Gasteiger partial charge in [0.05, 0.1) is 9.26 Å². The van der Waals surface area contributed by atoms with E-state index in [1.54, 1.807) is 0 Å². The summed E-state index contributed by atoms with van der Waals surface area (Å²) < 4.78 is 3.29. The maximum absolute atomic E-state index is 4.44. The van der Waals surface area contributed by atoms with Crippen LogP contribution in [0.3, 0.4) is 0 Å². The van der Waals surface area contributed by atoms with E-state index in [0.717, 1.165) is 6.42 Å². The van der Waals surface area contributed by atoms with E-state index < -0.39 is 0 Å². The zero-order valence-corrected chi connectivity index (χ0v) is 9.29. The number of nitrogens with zero attached hydrogens (tertiary/aromatic N) is 2. The molecule has 0 amide bonds. The summed E-state index contributed by atoms with van der Waals surface area (Å²) in [7, 11) is 0. The van der Waals surface area contributed by atoms with Crippen LogP contribution in [0.4, 0.5) is 0 Å². The second-order valence-corrected chi connectivity index (χ2v) is 4.01. The van der Waals surface area contributed by atoms with Gasteiger partial charge in [0.1, 0.15) is 0 Å². The van der Waals surface area contributed by atoms with Crippen molar-refractivity contribution >= 4 is 22.6 Å². The normalized spacial score (nSPS) is 11.0. The van der Waals surface area contributed by atoms with Crippen LogP contribution < -0.4 is 0 Å². The van der Waals surface area contributed by atoms with Crippen LogP contribution in [0, 0.1) is 3.57 Å². The van der Waals surface area contributed by atoms with Gasteiger partial charge in [0.15, 0.2) is 0 Å². The lowest BCUT2D eigenvalue weighted by Gasteiger charge is -2.02. The summed E-state index contributed by atoms with van der Waals surface area (Å²) in [5.41, 5.74) is 1.21. The van der Waals surface area contributed by atoms with Crippen molar-refractivity contribution in [1.29, 1.82) is 0 Å². The minimum absolute atomic E-state index is 0.476. The average Bonchev–Trinajstić information content (AvgIpc) is 2.31.